The molecule has 0 saturated carbocycles. The first kappa shape index (κ1) is 5.09. The van der Waals surface area contributed by atoms with E-state index in [1.807, 2.05) is 0 Å². The fraction of sp³-hybridized carbons (Fsp3) is 0.750. The van der Waals surface area contributed by atoms with Crippen LogP contribution in [0.1, 0.15) is 0 Å². The van der Waals surface area contributed by atoms with Crippen LogP contribution in [0.4, 0.5) is 0 Å². The second kappa shape index (κ2) is 1.23. The summed E-state index contributed by atoms with van der Waals surface area (Å²) >= 11 is 7.00. The molecule has 2 rings (SSSR count). The molecule has 2 heterocycles. The van der Waals surface area contributed by atoms with Gasteiger partial charge < -0.3 is 5.11 Å². The molecule has 4 heteroatoms. The van der Waals surface area contributed by atoms with Crippen LogP contribution < -0.4 is 0 Å². The molecule has 0 spiro atoms. The van der Waals surface area contributed by atoms with E-state index in [0.29, 0.717) is 0 Å². The number of aliphatic hydroxyl groups is 1. The Bertz CT molecular complexity index is 171. The van der Waals surface area contributed by atoms with E-state index >= 15 is 0 Å². The standard InChI is InChI=1S/C4H4ClNOS/c5-1-4(7)2-3(6-4)8-2/h2,7H,1H2. The highest BCUT2D eigenvalue weighted by Crippen LogP contribution is 2.52. The Balaban J connectivity index is 2.21. The van der Waals surface area contributed by atoms with E-state index in [0.717, 1.165) is 5.04 Å². The van der Waals surface area contributed by atoms with Crippen molar-refractivity contribution < 1.29 is 5.11 Å². The molecule has 44 valence electrons. The zero-order chi connectivity index (χ0) is 5.78. The second-order valence-electron chi connectivity index (χ2n) is 1.96. The first-order valence-corrected chi connectivity index (χ1v) is 3.72. The summed E-state index contributed by atoms with van der Waals surface area (Å²) in [5, 5.41) is 10.5. The van der Waals surface area contributed by atoms with Gasteiger partial charge >= 0.3 is 0 Å². The van der Waals surface area contributed by atoms with Gasteiger partial charge in [0.1, 0.15) is 5.25 Å². The van der Waals surface area contributed by atoms with Crippen molar-refractivity contribution in [2.75, 3.05) is 5.88 Å². The van der Waals surface area contributed by atoms with E-state index in [1.165, 1.54) is 0 Å². The Hall–Kier alpha value is 0.270. The maximum absolute atomic E-state index is 9.19. The van der Waals surface area contributed by atoms with Crippen LogP contribution in [0, 0.1) is 0 Å². The molecule has 0 aliphatic carbocycles. The number of nitrogens with zero attached hydrogens (tertiary/aromatic N) is 1. The molecule has 2 atom stereocenters. The van der Waals surface area contributed by atoms with Crippen molar-refractivity contribution in [3.8, 4) is 0 Å². The van der Waals surface area contributed by atoms with E-state index in [1.54, 1.807) is 11.8 Å². The maximum Gasteiger partial charge on any atom is 0.189 e. The van der Waals surface area contributed by atoms with Gasteiger partial charge in [-0.3, -0.25) is 0 Å². The Morgan fingerprint density at radius 2 is 2.75 bits per heavy atom. The largest absolute Gasteiger partial charge is 0.367 e. The van der Waals surface area contributed by atoms with Crippen molar-refractivity contribution in [2.45, 2.75) is 11.0 Å². The summed E-state index contributed by atoms with van der Waals surface area (Å²) in [7, 11) is 0. The topological polar surface area (TPSA) is 32.6 Å². The van der Waals surface area contributed by atoms with E-state index in [4.69, 9.17) is 11.6 Å². The predicted molar refractivity (Wildman–Crippen MR) is 34.5 cm³/mol. The Morgan fingerprint density at radius 1 is 2.00 bits per heavy atom. The Morgan fingerprint density at radius 3 is 2.88 bits per heavy atom. The molecule has 2 unspecified atom stereocenters. The molecule has 2 nitrogen and oxygen atoms in total. The van der Waals surface area contributed by atoms with Crippen LogP contribution in [0.3, 0.4) is 0 Å². The third-order valence-electron chi connectivity index (χ3n) is 1.33. The molecule has 8 heavy (non-hydrogen) atoms. The molecule has 0 radical (unpaired) electrons. The fourth-order valence-electron chi connectivity index (χ4n) is 0.747. The molecule has 0 aromatic carbocycles. The minimum absolute atomic E-state index is 0.230. The normalized spacial score (nSPS) is 49.2. The minimum Gasteiger partial charge on any atom is -0.367 e. The second-order valence-corrected chi connectivity index (χ2v) is 3.35. The van der Waals surface area contributed by atoms with Crippen molar-refractivity contribution in [3.05, 3.63) is 0 Å². The first-order chi connectivity index (χ1) is 3.76. The molecule has 1 fully saturated rings. The lowest BCUT2D eigenvalue weighted by Crippen LogP contribution is -2.41. The van der Waals surface area contributed by atoms with Crippen LogP contribution in [0.25, 0.3) is 0 Å². The SMILES string of the molecule is OC1(CCl)N=C2SC21. The third-order valence-corrected chi connectivity index (χ3v) is 2.87. The van der Waals surface area contributed by atoms with Gasteiger partial charge in [0.25, 0.3) is 0 Å². The summed E-state index contributed by atoms with van der Waals surface area (Å²) in [5.41, 5.74) is -0.887. The highest BCUT2D eigenvalue weighted by molar-refractivity contribution is 8.26. The molecule has 0 aromatic rings. The molecule has 0 amide bonds. The van der Waals surface area contributed by atoms with Crippen LogP contribution in [0.15, 0.2) is 4.99 Å². The molecule has 1 N–H and O–H groups in total. The summed E-state index contributed by atoms with van der Waals surface area (Å²) in [4.78, 5) is 3.85. The number of hydrogen-bond acceptors (Lipinski definition) is 3. The molecule has 2 aliphatic rings. The van der Waals surface area contributed by atoms with Crippen LogP contribution in [-0.4, -0.2) is 27.0 Å². The monoisotopic (exact) mass is 149 g/mol. The number of thioether (sulfide) groups is 1. The first-order valence-electron chi connectivity index (χ1n) is 2.31. The van der Waals surface area contributed by atoms with Crippen molar-refractivity contribution in [1.29, 1.82) is 0 Å². The zero-order valence-corrected chi connectivity index (χ0v) is 5.54. The summed E-state index contributed by atoms with van der Waals surface area (Å²) < 4.78 is 0. The minimum atomic E-state index is -0.887. The molecule has 0 aromatic heterocycles. The van der Waals surface area contributed by atoms with E-state index in [9.17, 15) is 5.11 Å². The molecular weight excluding hydrogens is 146 g/mol. The van der Waals surface area contributed by atoms with Gasteiger partial charge in [-0.2, -0.15) is 0 Å². The number of rotatable bonds is 1. The van der Waals surface area contributed by atoms with Crippen molar-refractivity contribution in [3.63, 3.8) is 0 Å². The van der Waals surface area contributed by atoms with Gasteiger partial charge in [-0.1, -0.05) is 11.8 Å². The molecule has 1 saturated heterocycles. The van der Waals surface area contributed by atoms with E-state index < -0.39 is 5.72 Å². The van der Waals surface area contributed by atoms with Gasteiger partial charge in [0.15, 0.2) is 5.72 Å². The highest BCUT2D eigenvalue weighted by Gasteiger charge is 2.59. The van der Waals surface area contributed by atoms with Crippen molar-refractivity contribution in [1.82, 2.24) is 0 Å². The Kier molecular flexibility index (Phi) is 0.779. The van der Waals surface area contributed by atoms with Gasteiger partial charge in [0, 0.05) is 0 Å². The maximum atomic E-state index is 9.19. The summed E-state index contributed by atoms with van der Waals surface area (Å²) in [5.74, 6) is 0.230. The summed E-state index contributed by atoms with van der Waals surface area (Å²) in [6.07, 6.45) is 0. The number of alkyl halides is 1. The summed E-state index contributed by atoms with van der Waals surface area (Å²) in [6.45, 7) is 0. The van der Waals surface area contributed by atoms with Crippen LogP contribution in [0.5, 0.6) is 0 Å². The Labute approximate surface area is 55.9 Å². The molecule has 0 bridgehead atoms. The molecular formula is C4H4ClNOS. The number of halogens is 1. The van der Waals surface area contributed by atoms with Crippen LogP contribution >= 0.6 is 23.4 Å². The third kappa shape index (κ3) is 0.424. The lowest BCUT2D eigenvalue weighted by atomic mass is 10.1. The van der Waals surface area contributed by atoms with Crippen molar-refractivity contribution >= 4 is 28.4 Å². The zero-order valence-electron chi connectivity index (χ0n) is 3.97. The average molecular weight is 150 g/mol. The predicted octanol–water partition coefficient (Wildman–Crippen LogP) is 0.441. The van der Waals surface area contributed by atoms with Crippen LogP contribution in [-0.2, 0) is 0 Å². The number of hydrogen-bond donors (Lipinski definition) is 1. The quantitative estimate of drug-likeness (QED) is 0.434. The highest BCUT2D eigenvalue weighted by atomic mass is 35.5. The van der Waals surface area contributed by atoms with Gasteiger partial charge in [-0.05, 0) is 0 Å². The van der Waals surface area contributed by atoms with Gasteiger partial charge in [-0.15, -0.1) is 11.6 Å². The number of fused-ring (bicyclic) bond motifs is 1. The lowest BCUT2D eigenvalue weighted by molar-refractivity contribution is 0.0772. The van der Waals surface area contributed by atoms with E-state index in [2.05, 4.69) is 4.99 Å². The lowest BCUT2D eigenvalue weighted by Gasteiger charge is -2.22. The molecule has 2 aliphatic heterocycles. The summed E-state index contributed by atoms with van der Waals surface area (Å²) in [6, 6.07) is 0. The smallest absolute Gasteiger partial charge is 0.189 e. The average Bonchev–Trinajstić information content (AvgIpc) is 2.40. The fourth-order valence-corrected chi connectivity index (χ4v) is 2.00. The van der Waals surface area contributed by atoms with Gasteiger partial charge in [0.05, 0.1) is 10.9 Å². The van der Waals surface area contributed by atoms with Gasteiger partial charge in [-0.25, -0.2) is 4.99 Å². The van der Waals surface area contributed by atoms with E-state index in [-0.39, 0.29) is 11.1 Å². The van der Waals surface area contributed by atoms with Gasteiger partial charge in [0.2, 0.25) is 0 Å². The van der Waals surface area contributed by atoms with Crippen molar-refractivity contribution in [2.24, 2.45) is 4.99 Å². The number of aliphatic imine (C=N–C) groups is 1. The van der Waals surface area contributed by atoms with Crippen LogP contribution in [0.2, 0.25) is 0 Å².